The second-order valence-electron chi connectivity index (χ2n) is 5.38. The molecule has 28 heavy (non-hydrogen) atoms. The van der Waals surface area contributed by atoms with Gasteiger partial charge in [0.05, 0.1) is 16.2 Å². The van der Waals surface area contributed by atoms with E-state index >= 15 is 0 Å². The first kappa shape index (κ1) is 20.6. The largest absolute Gasteiger partial charge is 0.452 e. The molecular formula is C18H13F3N2O5. The minimum absolute atomic E-state index is 0.168. The van der Waals surface area contributed by atoms with E-state index in [1.54, 1.807) is 0 Å². The lowest BCUT2D eigenvalue weighted by molar-refractivity contribution is -0.384. The third kappa shape index (κ3) is 5.94. The average molecular weight is 394 g/mol. The highest BCUT2D eigenvalue weighted by atomic mass is 19.4. The number of ether oxygens (including phenoxy) is 1. The summed E-state index contributed by atoms with van der Waals surface area (Å²) in [5.74, 6) is -1.89. The molecule has 0 heterocycles. The van der Waals surface area contributed by atoms with Crippen LogP contribution in [-0.2, 0) is 20.5 Å². The Hall–Kier alpha value is -3.69. The number of non-ortho nitro benzene ring substituents is 1. The number of alkyl halides is 3. The lowest BCUT2D eigenvalue weighted by Gasteiger charge is -2.13. The van der Waals surface area contributed by atoms with Crippen LogP contribution in [0.25, 0.3) is 6.08 Å². The number of hydrogen-bond acceptors (Lipinski definition) is 5. The number of halogens is 3. The Balaban J connectivity index is 1.92. The molecule has 2 aromatic carbocycles. The van der Waals surface area contributed by atoms with E-state index in [9.17, 15) is 32.9 Å². The molecule has 0 aliphatic heterocycles. The van der Waals surface area contributed by atoms with Gasteiger partial charge in [-0.25, -0.2) is 4.79 Å². The van der Waals surface area contributed by atoms with Crippen molar-refractivity contribution in [3.8, 4) is 0 Å². The second kappa shape index (κ2) is 8.80. The number of nitrogens with one attached hydrogen (secondary N) is 1. The molecule has 0 bridgehead atoms. The van der Waals surface area contributed by atoms with Crippen molar-refractivity contribution >= 4 is 29.3 Å². The SMILES string of the molecule is O=C(COC(=O)/C=C/c1cccc([N+](=O)[O-])c1)Nc1ccccc1C(F)(F)F. The smallest absolute Gasteiger partial charge is 0.418 e. The number of rotatable bonds is 6. The van der Waals surface area contributed by atoms with Gasteiger partial charge in [-0.05, 0) is 23.8 Å². The molecule has 0 aliphatic rings. The summed E-state index contributed by atoms with van der Waals surface area (Å²) in [5.41, 5.74) is -1.30. The van der Waals surface area contributed by atoms with Crippen LogP contribution < -0.4 is 5.32 Å². The summed E-state index contributed by atoms with van der Waals surface area (Å²) < 4.78 is 43.2. The Morgan fingerprint density at radius 3 is 2.54 bits per heavy atom. The van der Waals surface area contributed by atoms with E-state index in [0.29, 0.717) is 5.56 Å². The predicted octanol–water partition coefficient (Wildman–Crippen LogP) is 3.81. The Kier molecular flexibility index (Phi) is 6.48. The lowest BCUT2D eigenvalue weighted by Crippen LogP contribution is -2.22. The molecule has 10 heteroatoms. The number of esters is 1. The maximum Gasteiger partial charge on any atom is 0.418 e. The van der Waals surface area contributed by atoms with Crippen LogP contribution in [0.2, 0.25) is 0 Å². The molecule has 0 atom stereocenters. The first-order valence-electron chi connectivity index (χ1n) is 7.72. The molecule has 2 rings (SSSR count). The van der Waals surface area contributed by atoms with Crippen LogP contribution in [0.5, 0.6) is 0 Å². The average Bonchev–Trinajstić information content (AvgIpc) is 2.64. The summed E-state index contributed by atoms with van der Waals surface area (Å²) >= 11 is 0. The standard InChI is InChI=1S/C18H13F3N2O5/c19-18(20,21)14-6-1-2-7-15(14)22-16(24)11-28-17(25)9-8-12-4-3-5-13(10-12)23(26)27/h1-10H,11H2,(H,22,24)/b9-8+. The third-order valence-electron chi connectivity index (χ3n) is 3.34. The molecule has 146 valence electrons. The van der Waals surface area contributed by atoms with Gasteiger partial charge in [-0.15, -0.1) is 0 Å². The first-order valence-corrected chi connectivity index (χ1v) is 7.72. The molecule has 0 spiro atoms. The van der Waals surface area contributed by atoms with Gasteiger partial charge in [0.1, 0.15) is 0 Å². The van der Waals surface area contributed by atoms with E-state index in [1.165, 1.54) is 42.5 Å². The van der Waals surface area contributed by atoms with Gasteiger partial charge in [-0.1, -0.05) is 24.3 Å². The van der Waals surface area contributed by atoms with Gasteiger partial charge in [-0.3, -0.25) is 14.9 Å². The third-order valence-corrected chi connectivity index (χ3v) is 3.34. The van der Waals surface area contributed by atoms with Crippen LogP contribution in [0.1, 0.15) is 11.1 Å². The summed E-state index contributed by atoms with van der Waals surface area (Å²) in [5, 5.41) is 12.7. The van der Waals surface area contributed by atoms with Gasteiger partial charge < -0.3 is 10.1 Å². The fraction of sp³-hybridized carbons (Fsp3) is 0.111. The van der Waals surface area contributed by atoms with E-state index in [2.05, 4.69) is 4.74 Å². The molecule has 0 aliphatic carbocycles. The molecule has 0 unspecified atom stereocenters. The zero-order valence-corrected chi connectivity index (χ0v) is 14.1. The number of amides is 1. The Bertz CT molecular complexity index is 925. The molecule has 1 amide bonds. The van der Waals surface area contributed by atoms with Crippen LogP contribution in [0.3, 0.4) is 0 Å². The summed E-state index contributed by atoms with van der Waals surface area (Å²) in [4.78, 5) is 33.4. The van der Waals surface area contributed by atoms with Crippen molar-refractivity contribution in [3.63, 3.8) is 0 Å². The van der Waals surface area contributed by atoms with Gasteiger partial charge in [0.25, 0.3) is 11.6 Å². The molecule has 0 saturated heterocycles. The van der Waals surface area contributed by atoms with E-state index < -0.39 is 40.8 Å². The maximum absolute atomic E-state index is 12.9. The van der Waals surface area contributed by atoms with Crippen molar-refractivity contribution in [2.24, 2.45) is 0 Å². The van der Waals surface area contributed by atoms with E-state index in [1.807, 2.05) is 5.32 Å². The van der Waals surface area contributed by atoms with Gasteiger partial charge in [0, 0.05) is 18.2 Å². The molecule has 2 aromatic rings. The number of benzene rings is 2. The van der Waals surface area contributed by atoms with Crippen molar-refractivity contribution in [2.45, 2.75) is 6.18 Å². The van der Waals surface area contributed by atoms with E-state index in [4.69, 9.17) is 0 Å². The Morgan fingerprint density at radius 1 is 1.14 bits per heavy atom. The Labute approximate surface area is 156 Å². The van der Waals surface area contributed by atoms with Crippen molar-refractivity contribution in [1.82, 2.24) is 0 Å². The fourth-order valence-corrected chi connectivity index (χ4v) is 2.12. The second-order valence-corrected chi connectivity index (χ2v) is 5.38. The summed E-state index contributed by atoms with van der Waals surface area (Å²) in [6.07, 6.45) is -2.47. The molecule has 0 radical (unpaired) electrons. The molecule has 1 N–H and O–H groups in total. The van der Waals surface area contributed by atoms with Gasteiger partial charge in [0.15, 0.2) is 6.61 Å². The van der Waals surface area contributed by atoms with E-state index in [0.717, 1.165) is 18.2 Å². The normalized spacial score (nSPS) is 11.2. The van der Waals surface area contributed by atoms with Gasteiger partial charge >= 0.3 is 12.1 Å². The monoisotopic (exact) mass is 394 g/mol. The number of nitro benzene ring substituents is 1. The highest BCUT2D eigenvalue weighted by Crippen LogP contribution is 2.34. The van der Waals surface area contributed by atoms with Crippen molar-refractivity contribution < 1.29 is 32.4 Å². The van der Waals surface area contributed by atoms with Gasteiger partial charge in [-0.2, -0.15) is 13.2 Å². The van der Waals surface area contributed by atoms with Crippen LogP contribution >= 0.6 is 0 Å². The molecule has 0 fully saturated rings. The van der Waals surface area contributed by atoms with Crippen molar-refractivity contribution in [3.05, 3.63) is 75.8 Å². The number of carbonyl (C=O) groups excluding carboxylic acids is 2. The minimum Gasteiger partial charge on any atom is -0.452 e. The summed E-state index contributed by atoms with van der Waals surface area (Å²) in [7, 11) is 0. The van der Waals surface area contributed by atoms with Crippen molar-refractivity contribution in [2.75, 3.05) is 11.9 Å². The molecule has 0 aromatic heterocycles. The van der Waals surface area contributed by atoms with E-state index in [-0.39, 0.29) is 5.69 Å². The zero-order valence-electron chi connectivity index (χ0n) is 14.1. The van der Waals surface area contributed by atoms with Gasteiger partial charge in [0.2, 0.25) is 0 Å². The predicted molar refractivity (Wildman–Crippen MR) is 93.2 cm³/mol. The Morgan fingerprint density at radius 2 is 1.86 bits per heavy atom. The molecule has 0 saturated carbocycles. The zero-order chi connectivity index (χ0) is 20.7. The van der Waals surface area contributed by atoms with Crippen LogP contribution in [0.4, 0.5) is 24.5 Å². The number of nitrogens with zero attached hydrogens (tertiary/aromatic N) is 1. The number of anilines is 1. The topological polar surface area (TPSA) is 98.5 Å². The molecular weight excluding hydrogens is 381 g/mol. The lowest BCUT2D eigenvalue weighted by atomic mass is 10.1. The number of carbonyl (C=O) groups is 2. The van der Waals surface area contributed by atoms with Crippen LogP contribution in [0, 0.1) is 10.1 Å². The quantitative estimate of drug-likeness (QED) is 0.348. The highest BCUT2D eigenvalue weighted by molar-refractivity contribution is 5.95. The highest BCUT2D eigenvalue weighted by Gasteiger charge is 2.33. The van der Waals surface area contributed by atoms with Crippen LogP contribution in [-0.4, -0.2) is 23.4 Å². The fourth-order valence-electron chi connectivity index (χ4n) is 2.12. The first-order chi connectivity index (χ1) is 13.2. The summed E-state index contributed by atoms with van der Waals surface area (Å²) in [6.45, 7) is -0.801. The summed E-state index contributed by atoms with van der Waals surface area (Å²) in [6, 6.07) is 9.82. The number of hydrogen-bond donors (Lipinski definition) is 1. The maximum atomic E-state index is 12.9. The molecule has 7 nitrogen and oxygen atoms in total. The number of para-hydroxylation sites is 1. The van der Waals surface area contributed by atoms with Crippen molar-refractivity contribution in [1.29, 1.82) is 0 Å². The van der Waals surface area contributed by atoms with Crippen LogP contribution in [0.15, 0.2) is 54.6 Å². The number of nitro groups is 1. The minimum atomic E-state index is -4.65.